The van der Waals surface area contributed by atoms with Gasteiger partial charge in [0.25, 0.3) is 5.91 Å². The molecule has 1 saturated heterocycles. The molecule has 2 aromatic carbocycles. The number of halogens is 2. The molecule has 1 fully saturated rings. The van der Waals surface area contributed by atoms with Gasteiger partial charge in [-0.15, -0.1) is 0 Å². The maximum absolute atomic E-state index is 13.5. The number of nitrogens with zero attached hydrogens (tertiary/aromatic N) is 3. The second-order valence-electron chi connectivity index (χ2n) is 9.32. The Morgan fingerprint density at radius 2 is 1.75 bits per heavy atom. The first kappa shape index (κ1) is 24.9. The highest BCUT2D eigenvalue weighted by molar-refractivity contribution is 6.35. The number of nitrogens with one attached hydrogen (secondary N) is 1. The summed E-state index contributed by atoms with van der Waals surface area (Å²) in [6.45, 7) is 1.72. The zero-order valence-corrected chi connectivity index (χ0v) is 21.9. The van der Waals surface area contributed by atoms with Crippen molar-refractivity contribution < 1.29 is 9.53 Å². The lowest BCUT2D eigenvalue weighted by Crippen LogP contribution is -2.45. The van der Waals surface area contributed by atoms with Crippen LogP contribution in [-0.4, -0.2) is 40.9 Å². The molecule has 8 heteroatoms. The maximum atomic E-state index is 13.5. The minimum absolute atomic E-state index is 0.164. The van der Waals surface area contributed by atoms with Crippen molar-refractivity contribution in [2.24, 2.45) is 0 Å². The maximum Gasteiger partial charge on any atom is 0.286 e. The van der Waals surface area contributed by atoms with E-state index >= 15 is 0 Å². The van der Waals surface area contributed by atoms with E-state index in [1.807, 2.05) is 40.0 Å². The number of hydrazine groups is 1. The number of amides is 1. The molecule has 1 aliphatic heterocycles. The van der Waals surface area contributed by atoms with Crippen molar-refractivity contribution in [1.29, 1.82) is 0 Å². The quantitative estimate of drug-likeness (QED) is 0.382. The van der Waals surface area contributed by atoms with Crippen LogP contribution in [0.4, 0.5) is 0 Å². The van der Waals surface area contributed by atoms with Gasteiger partial charge in [-0.25, -0.2) is 9.69 Å². The summed E-state index contributed by atoms with van der Waals surface area (Å²) in [4.78, 5) is 13.5. The Kier molecular flexibility index (Phi) is 7.65. The third-order valence-electron chi connectivity index (χ3n) is 6.84. The Hall–Kier alpha value is -2.80. The number of hydrogen-bond acceptors (Lipinski definition) is 4. The highest BCUT2D eigenvalue weighted by Gasteiger charge is 2.29. The fourth-order valence-corrected chi connectivity index (χ4v) is 5.50. The minimum Gasteiger partial charge on any atom is -0.497 e. The molecule has 2 aliphatic rings. The van der Waals surface area contributed by atoms with Crippen LogP contribution in [0.1, 0.15) is 65.8 Å². The molecule has 1 N–H and O–H groups in total. The molecule has 1 aromatic heterocycles. The summed E-state index contributed by atoms with van der Waals surface area (Å²) in [6.07, 6.45) is 9.22. The molecule has 0 radical (unpaired) electrons. The average molecular weight is 525 g/mol. The summed E-state index contributed by atoms with van der Waals surface area (Å²) in [5, 5.41) is 7.92. The second-order valence-corrected chi connectivity index (χ2v) is 10.2. The summed E-state index contributed by atoms with van der Waals surface area (Å²) in [6, 6.07) is 13.4. The van der Waals surface area contributed by atoms with Gasteiger partial charge in [-0.05, 0) is 86.1 Å². The number of aromatic nitrogens is 2. The largest absolute Gasteiger partial charge is 0.497 e. The van der Waals surface area contributed by atoms with E-state index in [4.69, 9.17) is 33.0 Å². The molecule has 6 nitrogen and oxygen atoms in total. The van der Waals surface area contributed by atoms with Gasteiger partial charge in [-0.1, -0.05) is 41.8 Å². The van der Waals surface area contributed by atoms with Crippen LogP contribution in [-0.2, 0) is 6.42 Å². The van der Waals surface area contributed by atoms with Crippen LogP contribution < -0.4 is 10.2 Å². The van der Waals surface area contributed by atoms with E-state index < -0.39 is 0 Å². The van der Waals surface area contributed by atoms with Crippen LogP contribution in [0, 0.1) is 0 Å². The highest BCUT2D eigenvalue weighted by atomic mass is 35.5. The van der Waals surface area contributed by atoms with Gasteiger partial charge in [0.15, 0.2) is 5.69 Å². The first-order valence-electron chi connectivity index (χ1n) is 12.5. The first-order valence-corrected chi connectivity index (χ1v) is 13.3. The molecule has 1 amide bonds. The monoisotopic (exact) mass is 524 g/mol. The Bertz CT molecular complexity index is 1280. The molecule has 188 valence electrons. The summed E-state index contributed by atoms with van der Waals surface area (Å²) < 4.78 is 7.15. The van der Waals surface area contributed by atoms with Gasteiger partial charge in [0.2, 0.25) is 0 Å². The van der Waals surface area contributed by atoms with Crippen molar-refractivity contribution in [3.63, 3.8) is 0 Å². The molecule has 3 aromatic rings. The predicted molar refractivity (Wildman–Crippen MR) is 145 cm³/mol. The summed E-state index contributed by atoms with van der Waals surface area (Å²) in [5.41, 5.74) is 8.37. The molecule has 0 atom stereocenters. The molecule has 5 rings (SSSR count). The molecule has 0 spiro atoms. The fourth-order valence-electron chi connectivity index (χ4n) is 5.01. The van der Waals surface area contributed by atoms with Crippen molar-refractivity contribution in [2.75, 3.05) is 20.2 Å². The molecule has 0 bridgehead atoms. The molecule has 0 unspecified atom stereocenters. The van der Waals surface area contributed by atoms with Gasteiger partial charge >= 0.3 is 0 Å². The minimum atomic E-state index is -0.164. The normalized spacial score (nSPS) is 17.5. The van der Waals surface area contributed by atoms with Crippen LogP contribution in [0.25, 0.3) is 17.3 Å². The molecular weight excluding hydrogens is 495 g/mol. The third kappa shape index (κ3) is 5.31. The zero-order valence-electron chi connectivity index (χ0n) is 20.4. The van der Waals surface area contributed by atoms with Crippen LogP contribution in [0.5, 0.6) is 5.75 Å². The molecular formula is C28H30Cl2N4O2. The van der Waals surface area contributed by atoms with Crippen LogP contribution in [0.3, 0.4) is 0 Å². The third-order valence-corrected chi connectivity index (χ3v) is 7.37. The number of hydrogen-bond donors (Lipinski definition) is 1. The van der Waals surface area contributed by atoms with Crippen molar-refractivity contribution >= 4 is 40.8 Å². The van der Waals surface area contributed by atoms with Crippen molar-refractivity contribution in [1.82, 2.24) is 20.2 Å². The van der Waals surface area contributed by atoms with E-state index in [0.29, 0.717) is 21.4 Å². The van der Waals surface area contributed by atoms with E-state index in [1.54, 1.807) is 19.2 Å². The van der Waals surface area contributed by atoms with Crippen LogP contribution in [0.15, 0.2) is 42.5 Å². The number of methoxy groups -OCH3 is 1. The Balaban J connectivity index is 1.63. The van der Waals surface area contributed by atoms with Crippen LogP contribution >= 0.6 is 23.2 Å². The number of carbonyl (C=O) groups is 1. The Morgan fingerprint density at radius 1 is 1.00 bits per heavy atom. The number of piperidine rings is 1. The number of rotatable bonds is 5. The zero-order chi connectivity index (χ0) is 25.1. The number of ether oxygens (including phenoxy) is 1. The standard InChI is InChI=1S/C28H30Cl2N4O2/c1-36-22-12-9-19(10-13-22)17-20-7-3-4-8-23-26(28(35)32-33-15-5-2-6-16-33)31-34(27(20)23)25-14-11-21(29)18-24(25)30/h9-14,17-18H,2-8,15-16H2,1H3,(H,32,35)/b20-17+. The second kappa shape index (κ2) is 11.1. The lowest BCUT2D eigenvalue weighted by molar-refractivity contribution is 0.0743. The fraction of sp³-hybridized carbons (Fsp3) is 0.357. The van der Waals surface area contributed by atoms with E-state index in [-0.39, 0.29) is 5.91 Å². The number of carbonyl (C=O) groups excluding carboxylic acids is 1. The lowest BCUT2D eigenvalue weighted by atomic mass is 10.0. The number of fused-ring (bicyclic) bond motifs is 1. The molecule has 1 aliphatic carbocycles. The summed E-state index contributed by atoms with van der Waals surface area (Å²) >= 11 is 12.8. The lowest BCUT2D eigenvalue weighted by Gasteiger charge is -2.26. The van der Waals surface area contributed by atoms with Crippen molar-refractivity contribution in [2.45, 2.75) is 44.9 Å². The topological polar surface area (TPSA) is 59.4 Å². The highest BCUT2D eigenvalue weighted by Crippen LogP contribution is 2.37. The van der Waals surface area contributed by atoms with Crippen molar-refractivity contribution in [3.05, 3.63) is 75.0 Å². The van der Waals surface area contributed by atoms with Gasteiger partial charge < -0.3 is 4.74 Å². The number of benzene rings is 2. The smallest absolute Gasteiger partial charge is 0.286 e. The molecule has 2 heterocycles. The molecule has 0 saturated carbocycles. The van der Waals surface area contributed by atoms with Crippen LogP contribution in [0.2, 0.25) is 10.0 Å². The van der Waals surface area contributed by atoms with Crippen molar-refractivity contribution in [3.8, 4) is 11.4 Å². The van der Waals surface area contributed by atoms with E-state index in [0.717, 1.165) is 79.8 Å². The first-order chi connectivity index (χ1) is 17.5. The Morgan fingerprint density at radius 3 is 2.47 bits per heavy atom. The molecule has 36 heavy (non-hydrogen) atoms. The van der Waals surface area contributed by atoms with Gasteiger partial charge in [0, 0.05) is 23.7 Å². The Labute approximate surface area is 221 Å². The SMILES string of the molecule is COc1ccc(/C=C2\CCCCc3c(C(=O)NN4CCCCC4)nn(-c4ccc(Cl)cc4Cl)c32)cc1. The van der Waals surface area contributed by atoms with E-state index in [1.165, 1.54) is 6.42 Å². The van der Waals surface area contributed by atoms with Gasteiger partial charge in [-0.2, -0.15) is 5.10 Å². The van der Waals surface area contributed by atoms with Gasteiger partial charge in [0.1, 0.15) is 5.75 Å². The summed E-state index contributed by atoms with van der Waals surface area (Å²) in [7, 11) is 1.66. The van der Waals surface area contributed by atoms with E-state index in [9.17, 15) is 4.79 Å². The van der Waals surface area contributed by atoms with Gasteiger partial charge in [0.05, 0.1) is 23.5 Å². The summed E-state index contributed by atoms with van der Waals surface area (Å²) in [5.74, 6) is 0.649. The van der Waals surface area contributed by atoms with Gasteiger partial charge in [-0.3, -0.25) is 10.2 Å². The average Bonchev–Trinajstić information content (AvgIpc) is 3.14. The predicted octanol–water partition coefficient (Wildman–Crippen LogP) is 6.59. The number of allylic oxidation sites excluding steroid dienone is 1. The van der Waals surface area contributed by atoms with E-state index in [2.05, 4.69) is 11.5 Å².